The Kier molecular flexibility index (Phi) is 4.70. The van der Waals surface area contributed by atoms with Crippen LogP contribution in [0, 0.1) is 6.92 Å². The third-order valence-corrected chi connectivity index (χ3v) is 3.60. The summed E-state index contributed by atoms with van der Waals surface area (Å²) in [5, 5.41) is 0.768. The molecule has 2 nitrogen and oxygen atoms in total. The van der Waals surface area contributed by atoms with Crippen molar-refractivity contribution in [3.8, 4) is 11.5 Å². The smallest absolute Gasteiger partial charge is 0.126 e. The van der Waals surface area contributed by atoms with E-state index in [9.17, 15) is 0 Å². The average molecular weight is 289 g/mol. The van der Waals surface area contributed by atoms with E-state index in [4.69, 9.17) is 21.1 Å². The topological polar surface area (TPSA) is 18.5 Å². The third kappa shape index (κ3) is 3.14. The Morgan fingerprint density at radius 1 is 0.950 bits per heavy atom. The zero-order valence-corrected chi connectivity index (χ0v) is 12.6. The Hall–Kier alpha value is -1.93. The molecule has 0 N–H and O–H groups in total. The third-order valence-electron chi connectivity index (χ3n) is 3.19. The van der Waals surface area contributed by atoms with Crippen LogP contribution in [0.1, 0.15) is 16.7 Å². The van der Waals surface area contributed by atoms with Crippen molar-refractivity contribution in [2.75, 3.05) is 14.2 Å². The van der Waals surface area contributed by atoms with Gasteiger partial charge >= 0.3 is 0 Å². The average Bonchev–Trinajstić information content (AvgIpc) is 2.48. The molecule has 0 heterocycles. The van der Waals surface area contributed by atoms with Crippen LogP contribution in [0.4, 0.5) is 0 Å². The highest BCUT2D eigenvalue weighted by molar-refractivity contribution is 6.31. The molecule has 0 radical (unpaired) electrons. The van der Waals surface area contributed by atoms with Crippen molar-refractivity contribution in [3.05, 3.63) is 58.1 Å². The highest BCUT2D eigenvalue weighted by Crippen LogP contribution is 2.27. The number of ether oxygens (including phenoxy) is 2. The van der Waals surface area contributed by atoms with E-state index in [2.05, 4.69) is 0 Å². The lowest BCUT2D eigenvalue weighted by atomic mass is 10.1. The van der Waals surface area contributed by atoms with Crippen LogP contribution in [0.15, 0.2) is 36.4 Å². The van der Waals surface area contributed by atoms with E-state index >= 15 is 0 Å². The van der Waals surface area contributed by atoms with Crippen molar-refractivity contribution < 1.29 is 9.47 Å². The Morgan fingerprint density at radius 2 is 1.70 bits per heavy atom. The summed E-state index contributed by atoms with van der Waals surface area (Å²) in [5.74, 6) is 1.61. The maximum absolute atomic E-state index is 6.12. The maximum atomic E-state index is 6.12. The fourth-order valence-electron chi connectivity index (χ4n) is 1.95. The second kappa shape index (κ2) is 6.49. The highest BCUT2D eigenvalue weighted by Gasteiger charge is 2.03. The second-order valence-electron chi connectivity index (χ2n) is 4.40. The van der Waals surface area contributed by atoms with Gasteiger partial charge in [0.05, 0.1) is 14.2 Å². The molecule has 0 saturated carbocycles. The number of hydrogen-bond donors (Lipinski definition) is 0. The van der Waals surface area contributed by atoms with Crippen molar-refractivity contribution in [1.29, 1.82) is 0 Å². The van der Waals surface area contributed by atoms with Crippen LogP contribution in [0.25, 0.3) is 12.2 Å². The van der Waals surface area contributed by atoms with E-state index in [0.29, 0.717) is 0 Å². The van der Waals surface area contributed by atoms with Gasteiger partial charge in [-0.25, -0.2) is 0 Å². The molecule has 0 bridgehead atoms. The Morgan fingerprint density at radius 3 is 2.40 bits per heavy atom. The summed E-state index contributed by atoms with van der Waals surface area (Å²) >= 11 is 6.12. The van der Waals surface area contributed by atoms with Crippen molar-refractivity contribution >= 4 is 23.8 Å². The molecular weight excluding hydrogens is 272 g/mol. The van der Waals surface area contributed by atoms with Gasteiger partial charge in [0, 0.05) is 10.6 Å². The summed E-state index contributed by atoms with van der Waals surface area (Å²) in [5.41, 5.74) is 3.11. The van der Waals surface area contributed by atoms with Crippen LogP contribution in [-0.2, 0) is 0 Å². The van der Waals surface area contributed by atoms with Crippen molar-refractivity contribution in [3.63, 3.8) is 0 Å². The standard InChI is InChI=1S/C17H17ClO2/c1-12-13(5-4-6-16(12)18)7-8-14-11-15(19-2)9-10-17(14)20-3/h4-11H,1-3H3/b8-7+. The molecule has 0 fully saturated rings. The normalized spacial score (nSPS) is 10.8. The molecule has 2 aromatic carbocycles. The minimum atomic E-state index is 0.768. The molecule has 3 heteroatoms. The predicted molar refractivity (Wildman–Crippen MR) is 84.7 cm³/mol. The molecule has 0 saturated heterocycles. The molecule has 0 aliphatic rings. The number of halogens is 1. The van der Waals surface area contributed by atoms with Gasteiger partial charge in [0.2, 0.25) is 0 Å². The van der Waals surface area contributed by atoms with Gasteiger partial charge in [-0.1, -0.05) is 35.9 Å². The van der Waals surface area contributed by atoms with E-state index in [1.807, 2.05) is 55.5 Å². The van der Waals surface area contributed by atoms with E-state index < -0.39 is 0 Å². The SMILES string of the molecule is COc1ccc(OC)c(/C=C/c2cccc(Cl)c2C)c1. The Bertz CT molecular complexity index is 633. The largest absolute Gasteiger partial charge is 0.497 e. The van der Waals surface area contributed by atoms with Gasteiger partial charge in [0.25, 0.3) is 0 Å². The van der Waals surface area contributed by atoms with Gasteiger partial charge < -0.3 is 9.47 Å². The first-order valence-corrected chi connectivity index (χ1v) is 6.68. The van der Waals surface area contributed by atoms with E-state index in [0.717, 1.165) is 33.2 Å². The predicted octanol–water partition coefficient (Wildman–Crippen LogP) is 4.84. The first kappa shape index (κ1) is 14.5. The van der Waals surface area contributed by atoms with Gasteiger partial charge in [-0.05, 0) is 42.3 Å². The molecule has 0 amide bonds. The van der Waals surface area contributed by atoms with Gasteiger partial charge in [-0.2, -0.15) is 0 Å². The molecule has 2 rings (SSSR count). The molecule has 0 aliphatic heterocycles. The monoisotopic (exact) mass is 288 g/mol. The van der Waals surface area contributed by atoms with Gasteiger partial charge in [0.1, 0.15) is 11.5 Å². The highest BCUT2D eigenvalue weighted by atomic mass is 35.5. The van der Waals surface area contributed by atoms with Crippen LogP contribution < -0.4 is 9.47 Å². The van der Waals surface area contributed by atoms with Gasteiger partial charge in [0.15, 0.2) is 0 Å². The van der Waals surface area contributed by atoms with Crippen LogP contribution in [0.3, 0.4) is 0 Å². The Labute approximate surface area is 124 Å². The Balaban J connectivity index is 2.37. The molecule has 0 unspecified atom stereocenters. The van der Waals surface area contributed by atoms with Gasteiger partial charge in [-0.3, -0.25) is 0 Å². The zero-order chi connectivity index (χ0) is 14.5. The summed E-state index contributed by atoms with van der Waals surface area (Å²) in [4.78, 5) is 0. The van der Waals surface area contributed by atoms with Crippen molar-refractivity contribution in [2.45, 2.75) is 6.92 Å². The van der Waals surface area contributed by atoms with Crippen LogP contribution in [0.5, 0.6) is 11.5 Å². The molecule has 2 aromatic rings. The van der Waals surface area contributed by atoms with Crippen LogP contribution >= 0.6 is 11.6 Å². The van der Waals surface area contributed by atoms with Crippen LogP contribution in [-0.4, -0.2) is 14.2 Å². The first-order chi connectivity index (χ1) is 9.65. The van der Waals surface area contributed by atoms with E-state index in [-0.39, 0.29) is 0 Å². The second-order valence-corrected chi connectivity index (χ2v) is 4.80. The minimum absolute atomic E-state index is 0.768. The minimum Gasteiger partial charge on any atom is -0.497 e. The van der Waals surface area contributed by atoms with E-state index in [1.54, 1.807) is 14.2 Å². The lowest BCUT2D eigenvalue weighted by molar-refractivity contribution is 0.402. The molecule has 0 aromatic heterocycles. The van der Waals surface area contributed by atoms with E-state index in [1.165, 1.54) is 0 Å². The molecule has 0 spiro atoms. The molecule has 104 valence electrons. The zero-order valence-electron chi connectivity index (χ0n) is 11.8. The van der Waals surface area contributed by atoms with Crippen LogP contribution in [0.2, 0.25) is 5.02 Å². The maximum Gasteiger partial charge on any atom is 0.126 e. The lowest BCUT2D eigenvalue weighted by Crippen LogP contribution is -1.89. The van der Waals surface area contributed by atoms with Gasteiger partial charge in [-0.15, -0.1) is 0 Å². The van der Waals surface area contributed by atoms with Crippen molar-refractivity contribution in [2.24, 2.45) is 0 Å². The fraction of sp³-hybridized carbons (Fsp3) is 0.176. The summed E-state index contributed by atoms with van der Waals surface area (Å²) in [6.07, 6.45) is 4.03. The number of methoxy groups -OCH3 is 2. The molecule has 20 heavy (non-hydrogen) atoms. The molecule has 0 aliphatic carbocycles. The number of rotatable bonds is 4. The summed E-state index contributed by atoms with van der Waals surface area (Å²) < 4.78 is 10.6. The first-order valence-electron chi connectivity index (χ1n) is 6.31. The van der Waals surface area contributed by atoms with Crippen molar-refractivity contribution in [1.82, 2.24) is 0 Å². The molecule has 0 atom stereocenters. The molecular formula is C17H17ClO2. The number of benzene rings is 2. The summed E-state index contributed by atoms with van der Waals surface area (Å²) in [6, 6.07) is 11.6. The summed E-state index contributed by atoms with van der Waals surface area (Å²) in [6.45, 7) is 2.00. The summed E-state index contributed by atoms with van der Waals surface area (Å²) in [7, 11) is 3.31. The fourth-order valence-corrected chi connectivity index (χ4v) is 2.14. The lowest BCUT2D eigenvalue weighted by Gasteiger charge is -2.07. The number of hydrogen-bond acceptors (Lipinski definition) is 2. The quantitative estimate of drug-likeness (QED) is 0.750.